The summed E-state index contributed by atoms with van der Waals surface area (Å²) in [4.78, 5) is 23.2. The molecule has 0 bridgehead atoms. The van der Waals surface area contributed by atoms with Crippen LogP contribution in [0.5, 0.6) is 0 Å². The minimum absolute atomic E-state index is 0.187. The van der Waals surface area contributed by atoms with Crippen molar-refractivity contribution in [1.29, 1.82) is 0 Å². The van der Waals surface area contributed by atoms with E-state index >= 15 is 0 Å². The minimum atomic E-state index is -0.810. The standard InChI is InChI=1S/C13H17NO4/c15-11(10-4-7-18-8-10)14-9-13(12(16)17)5-2-1-3-6-13/h4,7-8H,1-3,5-6,9H2,(H,14,15)(H,16,17). The van der Waals surface area contributed by atoms with E-state index in [0.29, 0.717) is 18.4 Å². The van der Waals surface area contributed by atoms with Crippen molar-refractivity contribution in [1.82, 2.24) is 5.32 Å². The Labute approximate surface area is 105 Å². The van der Waals surface area contributed by atoms with Gasteiger partial charge in [-0.1, -0.05) is 19.3 Å². The number of carboxylic acid groups (broad SMARTS) is 1. The lowest BCUT2D eigenvalue weighted by Gasteiger charge is -2.33. The van der Waals surface area contributed by atoms with Crippen molar-refractivity contribution in [2.24, 2.45) is 5.41 Å². The van der Waals surface area contributed by atoms with Gasteiger partial charge in [0.15, 0.2) is 0 Å². The molecule has 0 aliphatic heterocycles. The summed E-state index contributed by atoms with van der Waals surface area (Å²) in [6, 6.07) is 1.56. The van der Waals surface area contributed by atoms with Gasteiger partial charge in [-0.2, -0.15) is 0 Å². The van der Waals surface area contributed by atoms with Crippen molar-refractivity contribution in [2.45, 2.75) is 32.1 Å². The molecule has 1 saturated carbocycles. The lowest BCUT2D eigenvalue weighted by Crippen LogP contribution is -2.44. The van der Waals surface area contributed by atoms with Crippen LogP contribution in [-0.4, -0.2) is 23.5 Å². The Morgan fingerprint density at radius 1 is 1.33 bits per heavy atom. The highest BCUT2D eigenvalue weighted by Crippen LogP contribution is 2.36. The summed E-state index contributed by atoms with van der Waals surface area (Å²) < 4.78 is 4.82. The number of aliphatic carboxylic acids is 1. The second-order valence-corrected chi connectivity index (χ2v) is 4.84. The summed E-state index contributed by atoms with van der Waals surface area (Å²) in [6.07, 6.45) is 6.93. The lowest BCUT2D eigenvalue weighted by molar-refractivity contribution is -0.150. The van der Waals surface area contributed by atoms with Crippen molar-refractivity contribution < 1.29 is 19.1 Å². The molecule has 0 spiro atoms. The predicted octanol–water partition coefficient (Wildman–Crippen LogP) is 2.04. The maximum Gasteiger partial charge on any atom is 0.311 e. The lowest BCUT2D eigenvalue weighted by atomic mass is 9.74. The smallest absolute Gasteiger partial charge is 0.311 e. The molecule has 1 aromatic heterocycles. The number of amides is 1. The van der Waals surface area contributed by atoms with Crippen molar-refractivity contribution in [3.05, 3.63) is 24.2 Å². The van der Waals surface area contributed by atoms with Gasteiger partial charge in [0.1, 0.15) is 6.26 Å². The molecule has 0 unspecified atom stereocenters. The van der Waals surface area contributed by atoms with E-state index in [1.54, 1.807) is 6.07 Å². The maximum absolute atomic E-state index is 11.7. The van der Waals surface area contributed by atoms with E-state index in [2.05, 4.69) is 5.32 Å². The van der Waals surface area contributed by atoms with Crippen LogP contribution in [0.4, 0.5) is 0 Å². The molecule has 1 aromatic rings. The number of rotatable bonds is 4. The molecule has 5 heteroatoms. The molecule has 18 heavy (non-hydrogen) atoms. The van der Waals surface area contributed by atoms with Gasteiger partial charge in [-0.05, 0) is 18.9 Å². The third kappa shape index (κ3) is 2.55. The summed E-state index contributed by atoms with van der Waals surface area (Å²) in [7, 11) is 0. The Kier molecular flexibility index (Phi) is 3.69. The van der Waals surface area contributed by atoms with E-state index in [-0.39, 0.29) is 12.5 Å². The normalized spacial score (nSPS) is 18.2. The highest BCUT2D eigenvalue weighted by Gasteiger charge is 2.39. The van der Waals surface area contributed by atoms with Crippen LogP contribution in [0.1, 0.15) is 42.5 Å². The number of nitrogens with one attached hydrogen (secondary N) is 1. The second kappa shape index (κ2) is 5.25. The molecular formula is C13H17NO4. The first-order chi connectivity index (χ1) is 8.64. The molecule has 98 valence electrons. The number of furan rings is 1. The molecule has 2 rings (SSSR count). The first kappa shape index (κ1) is 12.7. The highest BCUT2D eigenvalue weighted by molar-refractivity contribution is 5.94. The highest BCUT2D eigenvalue weighted by atomic mass is 16.4. The van der Waals surface area contributed by atoms with E-state index in [9.17, 15) is 14.7 Å². The number of hydrogen-bond acceptors (Lipinski definition) is 3. The quantitative estimate of drug-likeness (QED) is 0.858. The first-order valence-corrected chi connectivity index (χ1v) is 6.18. The third-order valence-electron chi connectivity index (χ3n) is 3.64. The average Bonchev–Trinajstić information content (AvgIpc) is 2.91. The van der Waals surface area contributed by atoms with Crippen molar-refractivity contribution in [3.63, 3.8) is 0 Å². The predicted molar refractivity (Wildman–Crippen MR) is 64.2 cm³/mol. The summed E-state index contributed by atoms with van der Waals surface area (Å²) in [5.74, 6) is -1.09. The van der Waals surface area contributed by atoms with Crippen molar-refractivity contribution >= 4 is 11.9 Å². The Bertz CT molecular complexity index is 418. The van der Waals surface area contributed by atoms with Gasteiger partial charge in [0.2, 0.25) is 0 Å². The average molecular weight is 251 g/mol. The van der Waals surface area contributed by atoms with Gasteiger partial charge >= 0.3 is 5.97 Å². The topological polar surface area (TPSA) is 79.5 Å². The van der Waals surface area contributed by atoms with Crippen LogP contribution >= 0.6 is 0 Å². The zero-order valence-corrected chi connectivity index (χ0v) is 10.1. The van der Waals surface area contributed by atoms with Gasteiger partial charge in [0.05, 0.1) is 17.2 Å². The first-order valence-electron chi connectivity index (χ1n) is 6.18. The minimum Gasteiger partial charge on any atom is -0.481 e. The Morgan fingerprint density at radius 3 is 2.61 bits per heavy atom. The molecular weight excluding hydrogens is 234 g/mol. The molecule has 1 aliphatic rings. The molecule has 1 amide bonds. The van der Waals surface area contributed by atoms with Crippen LogP contribution in [0.15, 0.2) is 23.0 Å². The summed E-state index contributed by atoms with van der Waals surface area (Å²) in [6.45, 7) is 0.187. The van der Waals surface area contributed by atoms with Crippen LogP contribution in [0.2, 0.25) is 0 Å². The molecule has 0 atom stereocenters. The monoisotopic (exact) mass is 251 g/mol. The Morgan fingerprint density at radius 2 is 2.06 bits per heavy atom. The third-order valence-corrected chi connectivity index (χ3v) is 3.64. The van der Waals surface area contributed by atoms with E-state index in [4.69, 9.17) is 4.42 Å². The fraction of sp³-hybridized carbons (Fsp3) is 0.538. The van der Waals surface area contributed by atoms with Crippen LogP contribution in [0, 0.1) is 5.41 Å². The van der Waals surface area contributed by atoms with Gasteiger partial charge in [-0.3, -0.25) is 9.59 Å². The Hall–Kier alpha value is -1.78. The zero-order valence-electron chi connectivity index (χ0n) is 10.1. The molecule has 0 saturated heterocycles. The molecule has 2 N–H and O–H groups in total. The van der Waals surface area contributed by atoms with Crippen LogP contribution in [0.3, 0.4) is 0 Å². The van der Waals surface area contributed by atoms with Crippen LogP contribution in [-0.2, 0) is 4.79 Å². The van der Waals surface area contributed by atoms with E-state index in [0.717, 1.165) is 19.3 Å². The van der Waals surface area contributed by atoms with Crippen LogP contribution < -0.4 is 5.32 Å². The SMILES string of the molecule is O=C(NCC1(C(=O)O)CCCCC1)c1ccoc1. The second-order valence-electron chi connectivity index (χ2n) is 4.84. The summed E-state index contributed by atoms with van der Waals surface area (Å²) >= 11 is 0. The van der Waals surface area contributed by atoms with E-state index < -0.39 is 11.4 Å². The molecule has 5 nitrogen and oxygen atoms in total. The van der Waals surface area contributed by atoms with Crippen molar-refractivity contribution in [2.75, 3.05) is 6.54 Å². The van der Waals surface area contributed by atoms with Crippen molar-refractivity contribution in [3.8, 4) is 0 Å². The van der Waals surface area contributed by atoms with Crippen LogP contribution in [0.25, 0.3) is 0 Å². The van der Waals surface area contributed by atoms with Gasteiger partial charge < -0.3 is 14.8 Å². The molecule has 0 radical (unpaired) electrons. The molecule has 1 aliphatic carbocycles. The van der Waals surface area contributed by atoms with Gasteiger partial charge in [0.25, 0.3) is 5.91 Å². The fourth-order valence-electron chi connectivity index (χ4n) is 2.44. The molecule has 1 fully saturated rings. The van der Waals surface area contributed by atoms with E-state index in [1.807, 2.05) is 0 Å². The number of carbonyl (C=O) groups is 2. The number of carbonyl (C=O) groups excluding carboxylic acids is 1. The number of carboxylic acids is 1. The summed E-state index contributed by atoms with van der Waals surface area (Å²) in [5, 5.41) is 12.1. The molecule has 0 aromatic carbocycles. The largest absolute Gasteiger partial charge is 0.481 e. The fourth-order valence-corrected chi connectivity index (χ4v) is 2.44. The zero-order chi connectivity index (χ0) is 13.0. The van der Waals surface area contributed by atoms with E-state index in [1.165, 1.54) is 12.5 Å². The van der Waals surface area contributed by atoms with Gasteiger partial charge in [-0.15, -0.1) is 0 Å². The Balaban J connectivity index is 1.98. The molecule has 1 heterocycles. The van der Waals surface area contributed by atoms with Gasteiger partial charge in [-0.25, -0.2) is 0 Å². The summed E-state index contributed by atoms with van der Waals surface area (Å²) in [5.41, 5.74) is -0.371. The number of hydrogen-bond donors (Lipinski definition) is 2. The van der Waals surface area contributed by atoms with Gasteiger partial charge in [0, 0.05) is 6.54 Å². The maximum atomic E-state index is 11.7.